The van der Waals surface area contributed by atoms with Crippen molar-refractivity contribution in [3.63, 3.8) is 0 Å². The van der Waals surface area contributed by atoms with E-state index in [-0.39, 0.29) is 12.5 Å². The Labute approximate surface area is 224 Å². The molecule has 0 radical (unpaired) electrons. The molecule has 0 aliphatic heterocycles. The highest BCUT2D eigenvalue weighted by Crippen LogP contribution is 2.29. The second kappa shape index (κ2) is 11.5. The van der Waals surface area contributed by atoms with Crippen molar-refractivity contribution in [1.82, 2.24) is 10.2 Å². The summed E-state index contributed by atoms with van der Waals surface area (Å²) < 4.78 is 27.0. The number of rotatable bonds is 9. The molecule has 0 saturated heterocycles. The maximum atomic E-state index is 13.9. The van der Waals surface area contributed by atoms with Crippen LogP contribution >= 0.6 is 11.6 Å². The Bertz CT molecular complexity index is 1360. The highest BCUT2D eigenvalue weighted by Gasteiger charge is 2.33. The molecule has 0 bridgehead atoms. The van der Waals surface area contributed by atoms with Crippen LogP contribution in [0.1, 0.15) is 39.7 Å². The van der Waals surface area contributed by atoms with Gasteiger partial charge in [0.15, 0.2) is 0 Å². The normalized spacial score (nSPS) is 12.7. The van der Waals surface area contributed by atoms with Crippen LogP contribution < -0.4 is 9.62 Å². The van der Waals surface area contributed by atoms with Gasteiger partial charge in [-0.2, -0.15) is 0 Å². The van der Waals surface area contributed by atoms with Crippen LogP contribution in [0.2, 0.25) is 5.02 Å². The molecule has 3 aromatic rings. The van der Waals surface area contributed by atoms with E-state index in [4.69, 9.17) is 11.6 Å². The summed E-state index contributed by atoms with van der Waals surface area (Å²) >= 11 is 6.04. The van der Waals surface area contributed by atoms with Crippen LogP contribution in [0.15, 0.2) is 66.7 Å². The maximum absolute atomic E-state index is 13.9. The van der Waals surface area contributed by atoms with Gasteiger partial charge >= 0.3 is 0 Å². The van der Waals surface area contributed by atoms with Gasteiger partial charge in [-0.25, -0.2) is 8.42 Å². The quantitative estimate of drug-likeness (QED) is 0.412. The Morgan fingerprint density at radius 3 is 2.19 bits per heavy atom. The van der Waals surface area contributed by atoms with Gasteiger partial charge in [0, 0.05) is 22.5 Å². The molecule has 7 nitrogen and oxygen atoms in total. The zero-order chi connectivity index (χ0) is 27.4. The van der Waals surface area contributed by atoms with Gasteiger partial charge in [-0.05, 0) is 56.3 Å². The maximum Gasteiger partial charge on any atom is 0.244 e. The van der Waals surface area contributed by atoms with Crippen LogP contribution in [0.3, 0.4) is 0 Å². The Morgan fingerprint density at radius 2 is 1.59 bits per heavy atom. The molecule has 3 rings (SSSR count). The zero-order valence-corrected chi connectivity index (χ0v) is 23.4. The molecule has 3 aromatic carbocycles. The molecule has 37 heavy (non-hydrogen) atoms. The van der Waals surface area contributed by atoms with Crippen molar-refractivity contribution < 1.29 is 18.0 Å². The van der Waals surface area contributed by atoms with Gasteiger partial charge < -0.3 is 10.2 Å². The molecule has 1 N–H and O–H groups in total. The molecular weight excluding hydrogens is 510 g/mol. The third kappa shape index (κ3) is 7.46. The van der Waals surface area contributed by atoms with E-state index in [1.54, 1.807) is 36.4 Å². The van der Waals surface area contributed by atoms with E-state index in [2.05, 4.69) is 5.32 Å². The van der Waals surface area contributed by atoms with Crippen molar-refractivity contribution >= 4 is 49.9 Å². The molecule has 0 spiro atoms. The third-order valence-corrected chi connectivity index (χ3v) is 7.24. The van der Waals surface area contributed by atoms with Crippen LogP contribution in [-0.4, -0.2) is 49.5 Å². The van der Waals surface area contributed by atoms with Crippen molar-refractivity contribution in [3.8, 4) is 0 Å². The Balaban J connectivity index is 2.03. The lowest BCUT2D eigenvalue weighted by atomic mass is 10.1. The molecule has 0 aliphatic carbocycles. The van der Waals surface area contributed by atoms with E-state index in [9.17, 15) is 18.0 Å². The molecule has 0 saturated carbocycles. The number of carbonyl (C=O) groups is 2. The SMILES string of the molecule is CC[C@H](C(=O)NC(C)(C)C)N(Cc1ccc(Cl)cc1)C(=O)CN(c1cccc2ccccc12)S(C)(=O)=O. The van der Waals surface area contributed by atoms with Gasteiger partial charge in [0.05, 0.1) is 11.9 Å². The summed E-state index contributed by atoms with van der Waals surface area (Å²) in [7, 11) is -3.83. The number of anilines is 1. The van der Waals surface area contributed by atoms with E-state index in [0.29, 0.717) is 22.5 Å². The largest absolute Gasteiger partial charge is 0.350 e. The predicted octanol–water partition coefficient (Wildman–Crippen LogP) is 4.98. The first kappa shape index (κ1) is 28.5. The number of fused-ring (bicyclic) bond motifs is 1. The monoisotopic (exact) mass is 543 g/mol. The highest BCUT2D eigenvalue weighted by atomic mass is 35.5. The van der Waals surface area contributed by atoms with Gasteiger partial charge in [0.2, 0.25) is 21.8 Å². The minimum Gasteiger partial charge on any atom is -0.350 e. The summed E-state index contributed by atoms with van der Waals surface area (Å²) in [6.07, 6.45) is 1.43. The second-order valence-corrected chi connectivity index (χ2v) is 12.4. The Hall–Kier alpha value is -3.10. The van der Waals surface area contributed by atoms with E-state index >= 15 is 0 Å². The number of sulfonamides is 1. The van der Waals surface area contributed by atoms with Crippen molar-refractivity contribution in [1.29, 1.82) is 0 Å². The van der Waals surface area contributed by atoms with E-state index in [1.807, 2.05) is 58.0 Å². The summed E-state index contributed by atoms with van der Waals surface area (Å²) in [6.45, 7) is 7.12. The molecule has 0 aromatic heterocycles. The molecule has 0 aliphatic rings. The molecule has 2 amide bonds. The van der Waals surface area contributed by atoms with Crippen LogP contribution in [0.4, 0.5) is 5.69 Å². The smallest absolute Gasteiger partial charge is 0.244 e. The minimum absolute atomic E-state index is 0.124. The van der Waals surface area contributed by atoms with E-state index < -0.39 is 34.1 Å². The van der Waals surface area contributed by atoms with Crippen LogP contribution in [0.5, 0.6) is 0 Å². The van der Waals surface area contributed by atoms with Crippen molar-refractivity contribution in [3.05, 3.63) is 77.3 Å². The standard InChI is InChI=1S/C28H34ClN3O4S/c1-6-24(27(34)30-28(2,3)4)31(18-20-14-16-22(29)17-15-20)26(33)19-32(37(5,35)36)25-13-9-11-21-10-7-8-12-23(21)25/h7-17,24H,6,18-19H2,1-5H3,(H,30,34)/t24-/m1/s1. The third-order valence-electron chi connectivity index (χ3n) is 5.86. The van der Waals surface area contributed by atoms with Gasteiger partial charge in [0.25, 0.3) is 0 Å². The van der Waals surface area contributed by atoms with Crippen molar-refractivity contribution in [2.45, 2.75) is 52.2 Å². The van der Waals surface area contributed by atoms with Crippen LogP contribution in [0.25, 0.3) is 10.8 Å². The fourth-order valence-electron chi connectivity index (χ4n) is 4.18. The van der Waals surface area contributed by atoms with Gasteiger partial charge in [-0.1, -0.05) is 67.1 Å². The first-order valence-electron chi connectivity index (χ1n) is 12.1. The number of hydrogen-bond donors (Lipinski definition) is 1. The molecule has 0 fully saturated rings. The van der Waals surface area contributed by atoms with Crippen LogP contribution in [0, 0.1) is 0 Å². The van der Waals surface area contributed by atoms with Gasteiger partial charge in [0.1, 0.15) is 12.6 Å². The molecule has 0 heterocycles. The number of carbonyl (C=O) groups excluding carboxylic acids is 2. The van der Waals surface area contributed by atoms with E-state index in [1.165, 1.54) is 4.90 Å². The lowest BCUT2D eigenvalue weighted by Gasteiger charge is -2.34. The summed E-state index contributed by atoms with van der Waals surface area (Å²) in [4.78, 5) is 28.6. The first-order valence-corrected chi connectivity index (χ1v) is 14.3. The average molecular weight is 544 g/mol. The topological polar surface area (TPSA) is 86.8 Å². The lowest BCUT2D eigenvalue weighted by Crippen LogP contribution is -2.55. The Kier molecular flexibility index (Phi) is 8.87. The molecule has 198 valence electrons. The minimum atomic E-state index is -3.83. The van der Waals surface area contributed by atoms with Gasteiger partial charge in [-0.3, -0.25) is 13.9 Å². The van der Waals surface area contributed by atoms with Crippen molar-refractivity contribution in [2.24, 2.45) is 0 Å². The van der Waals surface area contributed by atoms with Crippen LogP contribution in [-0.2, 0) is 26.2 Å². The van der Waals surface area contributed by atoms with Crippen molar-refractivity contribution in [2.75, 3.05) is 17.1 Å². The molecule has 9 heteroatoms. The molecule has 1 atom stereocenters. The second-order valence-electron chi connectivity index (χ2n) is 10.1. The summed E-state index contributed by atoms with van der Waals surface area (Å²) in [5, 5.41) is 5.08. The number of nitrogens with zero attached hydrogens (tertiary/aromatic N) is 2. The molecule has 0 unspecified atom stereocenters. The summed E-state index contributed by atoms with van der Waals surface area (Å²) in [5.41, 5.74) is 0.685. The number of nitrogens with one attached hydrogen (secondary N) is 1. The summed E-state index contributed by atoms with van der Waals surface area (Å²) in [5.74, 6) is -0.780. The molecular formula is C28H34ClN3O4S. The lowest BCUT2D eigenvalue weighted by molar-refractivity contribution is -0.141. The van der Waals surface area contributed by atoms with E-state index in [0.717, 1.165) is 21.5 Å². The predicted molar refractivity (Wildman–Crippen MR) is 150 cm³/mol. The fraction of sp³-hybridized carbons (Fsp3) is 0.357. The zero-order valence-electron chi connectivity index (χ0n) is 21.9. The first-order chi connectivity index (χ1) is 17.3. The number of amides is 2. The number of hydrogen-bond acceptors (Lipinski definition) is 4. The highest BCUT2D eigenvalue weighted by molar-refractivity contribution is 7.92. The summed E-state index contributed by atoms with van der Waals surface area (Å²) in [6, 6.07) is 19.0. The Morgan fingerprint density at radius 1 is 0.973 bits per heavy atom. The number of halogens is 1. The van der Waals surface area contributed by atoms with Gasteiger partial charge in [-0.15, -0.1) is 0 Å². The average Bonchev–Trinajstić information content (AvgIpc) is 2.81. The number of benzene rings is 3. The fourth-order valence-corrected chi connectivity index (χ4v) is 5.17.